The Hall–Kier alpha value is -0.510. The number of hydrogen-bond acceptors (Lipinski definition) is 3. The summed E-state index contributed by atoms with van der Waals surface area (Å²) in [5.74, 6) is 1.26. The lowest BCUT2D eigenvalue weighted by molar-refractivity contribution is 0.118. The molecule has 1 N–H and O–H groups in total. The maximum atomic E-state index is 3.63. The van der Waals surface area contributed by atoms with Crippen molar-refractivity contribution >= 4 is 11.8 Å². The molecule has 0 amide bonds. The molecule has 1 aromatic carbocycles. The van der Waals surface area contributed by atoms with Gasteiger partial charge in [-0.05, 0) is 37.7 Å². The Morgan fingerprint density at radius 3 is 2.67 bits per heavy atom. The quantitative estimate of drug-likeness (QED) is 0.838. The lowest BCUT2D eigenvalue weighted by atomic mass is 9.99. The first-order valence-electron chi connectivity index (χ1n) is 6.96. The van der Waals surface area contributed by atoms with Crippen LogP contribution in [0.1, 0.15) is 31.9 Å². The molecule has 3 atom stereocenters. The Kier molecular flexibility index (Phi) is 3.64. The van der Waals surface area contributed by atoms with Crippen LogP contribution in [0.4, 0.5) is 0 Å². The van der Waals surface area contributed by atoms with Crippen molar-refractivity contribution in [2.45, 2.75) is 43.3 Å². The molecule has 1 fully saturated rings. The molecule has 3 rings (SSSR count). The van der Waals surface area contributed by atoms with Crippen LogP contribution < -0.4 is 5.32 Å². The van der Waals surface area contributed by atoms with Gasteiger partial charge in [-0.15, -0.1) is 11.8 Å². The Balaban J connectivity index is 1.85. The molecule has 0 bridgehead atoms. The van der Waals surface area contributed by atoms with E-state index in [9.17, 15) is 0 Å². The van der Waals surface area contributed by atoms with Gasteiger partial charge in [-0.25, -0.2) is 0 Å². The smallest absolute Gasteiger partial charge is 0.0368 e. The number of hydrogen-bond donors (Lipinski definition) is 1. The highest BCUT2D eigenvalue weighted by Crippen LogP contribution is 2.39. The normalized spacial score (nSPS) is 33.1. The van der Waals surface area contributed by atoms with Crippen LogP contribution in [-0.4, -0.2) is 35.8 Å². The van der Waals surface area contributed by atoms with E-state index >= 15 is 0 Å². The summed E-state index contributed by atoms with van der Waals surface area (Å²) in [6, 6.07) is 10.8. The van der Waals surface area contributed by atoms with Crippen molar-refractivity contribution in [1.29, 1.82) is 0 Å². The average Bonchev–Trinajstić information content (AvgIpc) is 2.37. The Morgan fingerprint density at radius 2 is 1.89 bits per heavy atom. The van der Waals surface area contributed by atoms with Gasteiger partial charge >= 0.3 is 0 Å². The predicted molar refractivity (Wildman–Crippen MR) is 78.2 cm³/mol. The molecule has 2 aliphatic rings. The van der Waals surface area contributed by atoms with Crippen LogP contribution in [0.3, 0.4) is 0 Å². The number of rotatable bonds is 1. The van der Waals surface area contributed by atoms with Gasteiger partial charge in [-0.3, -0.25) is 4.90 Å². The van der Waals surface area contributed by atoms with Crippen LogP contribution in [0.5, 0.6) is 0 Å². The van der Waals surface area contributed by atoms with Gasteiger partial charge in [0, 0.05) is 36.1 Å². The maximum absolute atomic E-state index is 3.63. The number of thioether (sulfide) groups is 1. The summed E-state index contributed by atoms with van der Waals surface area (Å²) in [5.41, 5.74) is 1.55. The van der Waals surface area contributed by atoms with E-state index in [-0.39, 0.29) is 0 Å². The van der Waals surface area contributed by atoms with Gasteiger partial charge in [0.05, 0.1) is 0 Å². The number of piperazine rings is 1. The van der Waals surface area contributed by atoms with Gasteiger partial charge in [0.15, 0.2) is 0 Å². The zero-order chi connectivity index (χ0) is 12.5. The van der Waals surface area contributed by atoms with E-state index in [4.69, 9.17) is 0 Å². The zero-order valence-electron chi connectivity index (χ0n) is 11.2. The van der Waals surface area contributed by atoms with Crippen LogP contribution in [0.25, 0.3) is 0 Å². The molecule has 0 spiro atoms. The Labute approximate surface area is 114 Å². The number of benzene rings is 1. The van der Waals surface area contributed by atoms with Gasteiger partial charge < -0.3 is 5.32 Å². The molecular formula is C15H22N2S. The first kappa shape index (κ1) is 12.5. The van der Waals surface area contributed by atoms with Crippen LogP contribution in [0.2, 0.25) is 0 Å². The Morgan fingerprint density at radius 1 is 1.17 bits per heavy atom. The first-order valence-corrected chi connectivity index (χ1v) is 7.94. The summed E-state index contributed by atoms with van der Waals surface area (Å²) < 4.78 is 0. The predicted octanol–water partition coefficient (Wildman–Crippen LogP) is 2.91. The van der Waals surface area contributed by atoms with E-state index in [1.165, 1.54) is 30.2 Å². The summed E-state index contributed by atoms with van der Waals surface area (Å²) in [5, 5.41) is 3.63. The van der Waals surface area contributed by atoms with Crippen LogP contribution in [0.15, 0.2) is 29.2 Å². The summed E-state index contributed by atoms with van der Waals surface area (Å²) in [6.07, 6.45) is 1.29. The van der Waals surface area contributed by atoms with Crippen LogP contribution in [-0.2, 0) is 0 Å². The van der Waals surface area contributed by atoms with Crippen molar-refractivity contribution in [1.82, 2.24) is 10.2 Å². The van der Waals surface area contributed by atoms with E-state index in [2.05, 4.69) is 48.3 Å². The fourth-order valence-corrected chi connectivity index (χ4v) is 4.43. The maximum Gasteiger partial charge on any atom is 0.0368 e. The molecule has 18 heavy (non-hydrogen) atoms. The Bertz CT molecular complexity index is 411. The summed E-state index contributed by atoms with van der Waals surface area (Å²) in [4.78, 5) is 4.18. The summed E-state index contributed by atoms with van der Waals surface area (Å²) >= 11 is 2.02. The standard InChI is InChI=1S/C15H22N2S/c1-11-9-17(10-12(2)16-11)14-7-8-18-15-6-4-3-5-13(14)15/h3-6,11-12,14,16H,7-10H2,1-2H3. The molecule has 2 heterocycles. The van der Waals surface area contributed by atoms with Crippen molar-refractivity contribution in [3.8, 4) is 0 Å². The molecule has 1 aromatic rings. The van der Waals surface area contributed by atoms with Gasteiger partial charge in [0.1, 0.15) is 0 Å². The average molecular weight is 262 g/mol. The molecule has 1 saturated heterocycles. The van der Waals surface area contributed by atoms with Gasteiger partial charge in [0.2, 0.25) is 0 Å². The van der Waals surface area contributed by atoms with Crippen molar-refractivity contribution in [2.24, 2.45) is 0 Å². The van der Waals surface area contributed by atoms with Crippen LogP contribution in [0, 0.1) is 0 Å². The minimum absolute atomic E-state index is 0.607. The molecule has 2 aliphatic heterocycles. The molecule has 2 nitrogen and oxygen atoms in total. The molecule has 3 unspecified atom stereocenters. The largest absolute Gasteiger partial charge is 0.309 e. The van der Waals surface area contributed by atoms with Crippen molar-refractivity contribution in [3.05, 3.63) is 29.8 Å². The van der Waals surface area contributed by atoms with E-state index in [0.29, 0.717) is 18.1 Å². The number of nitrogens with zero attached hydrogens (tertiary/aromatic N) is 1. The third-order valence-electron chi connectivity index (χ3n) is 3.95. The second kappa shape index (κ2) is 5.24. The third kappa shape index (κ3) is 2.44. The second-order valence-corrected chi connectivity index (χ2v) is 6.75. The van der Waals surface area contributed by atoms with Gasteiger partial charge in [-0.1, -0.05) is 18.2 Å². The summed E-state index contributed by atoms with van der Waals surface area (Å²) in [6.45, 7) is 6.94. The van der Waals surface area contributed by atoms with E-state index in [1.807, 2.05) is 11.8 Å². The van der Waals surface area contributed by atoms with Gasteiger partial charge in [0.25, 0.3) is 0 Å². The van der Waals surface area contributed by atoms with E-state index in [0.717, 1.165) is 0 Å². The zero-order valence-corrected chi connectivity index (χ0v) is 12.0. The molecule has 0 aromatic heterocycles. The number of nitrogens with one attached hydrogen (secondary N) is 1. The molecule has 3 heteroatoms. The van der Waals surface area contributed by atoms with Crippen molar-refractivity contribution in [3.63, 3.8) is 0 Å². The third-order valence-corrected chi connectivity index (χ3v) is 5.08. The van der Waals surface area contributed by atoms with Gasteiger partial charge in [-0.2, -0.15) is 0 Å². The fourth-order valence-electron chi connectivity index (χ4n) is 3.33. The lowest BCUT2D eigenvalue weighted by Crippen LogP contribution is -2.55. The highest BCUT2D eigenvalue weighted by Gasteiger charge is 2.30. The highest BCUT2D eigenvalue weighted by atomic mass is 32.2. The fraction of sp³-hybridized carbons (Fsp3) is 0.600. The molecule has 0 saturated carbocycles. The minimum Gasteiger partial charge on any atom is -0.309 e. The minimum atomic E-state index is 0.607. The number of fused-ring (bicyclic) bond motifs is 1. The topological polar surface area (TPSA) is 15.3 Å². The highest BCUT2D eigenvalue weighted by molar-refractivity contribution is 7.99. The van der Waals surface area contributed by atoms with Crippen molar-refractivity contribution in [2.75, 3.05) is 18.8 Å². The van der Waals surface area contributed by atoms with Crippen LogP contribution >= 0.6 is 11.8 Å². The monoisotopic (exact) mass is 262 g/mol. The molecule has 0 aliphatic carbocycles. The SMILES string of the molecule is CC1CN(C2CCSc3ccccc32)CC(C)N1. The summed E-state index contributed by atoms with van der Waals surface area (Å²) in [7, 11) is 0. The van der Waals surface area contributed by atoms with E-state index < -0.39 is 0 Å². The first-order chi connectivity index (χ1) is 8.74. The van der Waals surface area contributed by atoms with Crippen molar-refractivity contribution < 1.29 is 0 Å². The molecule has 98 valence electrons. The second-order valence-electron chi connectivity index (χ2n) is 5.61. The lowest BCUT2D eigenvalue weighted by Gasteiger charge is -2.42. The van der Waals surface area contributed by atoms with E-state index in [1.54, 1.807) is 5.56 Å². The molecular weight excluding hydrogens is 240 g/mol. The molecule has 0 radical (unpaired) electrons.